The van der Waals surface area contributed by atoms with E-state index in [9.17, 15) is 9.90 Å². The second-order valence-corrected chi connectivity index (χ2v) is 7.61. The third-order valence-electron chi connectivity index (χ3n) is 3.27. The van der Waals surface area contributed by atoms with Crippen LogP contribution < -0.4 is 5.32 Å². The maximum absolute atomic E-state index is 11.8. The smallest absolute Gasteiger partial charge is 0.408 e. The third kappa shape index (κ3) is 3.91. The van der Waals surface area contributed by atoms with Crippen molar-refractivity contribution in [1.29, 1.82) is 0 Å². The fraction of sp³-hybridized carbons (Fsp3) is 0.643. The molecule has 0 saturated heterocycles. The topological polar surface area (TPSA) is 84.3 Å². The fourth-order valence-electron chi connectivity index (χ4n) is 2.61. The van der Waals surface area contributed by atoms with Gasteiger partial charge in [-0.15, -0.1) is 0 Å². The molecule has 0 aliphatic heterocycles. The molecule has 1 amide bonds. The van der Waals surface area contributed by atoms with Crippen LogP contribution in [0.25, 0.3) is 0 Å². The van der Waals surface area contributed by atoms with Crippen molar-refractivity contribution >= 4 is 22.0 Å². The van der Waals surface area contributed by atoms with E-state index >= 15 is 0 Å². The lowest BCUT2D eigenvalue weighted by Crippen LogP contribution is -2.62. The number of nitrogens with one attached hydrogen (secondary N) is 1. The molecule has 1 heterocycles. The minimum Gasteiger partial charge on any atom is -0.444 e. The van der Waals surface area contributed by atoms with Crippen LogP contribution in [0, 0.1) is 0 Å². The van der Waals surface area contributed by atoms with Gasteiger partial charge in [0.15, 0.2) is 0 Å². The van der Waals surface area contributed by atoms with E-state index in [1.807, 2.05) is 27.7 Å². The van der Waals surface area contributed by atoms with Gasteiger partial charge in [-0.1, -0.05) is 0 Å². The SMILES string of the molecule is CC1(NC(=O)OC(C)(C)C)CC(O)(c2cnc(Br)cn2)C1. The zero-order valence-corrected chi connectivity index (χ0v) is 14.2. The van der Waals surface area contributed by atoms with Crippen molar-refractivity contribution in [3.63, 3.8) is 0 Å². The molecule has 0 atom stereocenters. The number of rotatable bonds is 2. The number of aliphatic hydroxyl groups is 1. The molecule has 0 bridgehead atoms. The first-order valence-corrected chi connectivity index (χ1v) is 7.52. The zero-order valence-electron chi connectivity index (χ0n) is 12.6. The molecule has 0 spiro atoms. The van der Waals surface area contributed by atoms with Crippen molar-refractivity contribution in [3.05, 3.63) is 22.7 Å². The van der Waals surface area contributed by atoms with Gasteiger partial charge in [0.25, 0.3) is 0 Å². The molecule has 1 saturated carbocycles. The highest BCUT2D eigenvalue weighted by molar-refractivity contribution is 9.10. The molecule has 1 aliphatic rings. The number of alkyl carbamates (subject to hydrolysis) is 1. The first kappa shape index (κ1) is 16.2. The largest absolute Gasteiger partial charge is 0.444 e. The van der Waals surface area contributed by atoms with Crippen LogP contribution in [-0.2, 0) is 10.3 Å². The van der Waals surface area contributed by atoms with Crippen LogP contribution in [0.5, 0.6) is 0 Å². The minimum atomic E-state index is -1.06. The Labute approximate surface area is 132 Å². The van der Waals surface area contributed by atoms with Gasteiger partial charge in [0.1, 0.15) is 15.8 Å². The van der Waals surface area contributed by atoms with Crippen molar-refractivity contribution in [2.24, 2.45) is 0 Å². The Bertz CT molecular complexity index is 533. The number of amides is 1. The van der Waals surface area contributed by atoms with E-state index in [4.69, 9.17) is 4.74 Å². The molecule has 116 valence electrons. The molecule has 1 fully saturated rings. The number of hydrogen-bond donors (Lipinski definition) is 2. The molecular weight excluding hydrogens is 338 g/mol. The van der Waals surface area contributed by atoms with E-state index in [0.717, 1.165) is 0 Å². The Kier molecular flexibility index (Phi) is 4.01. The summed E-state index contributed by atoms with van der Waals surface area (Å²) < 4.78 is 5.85. The molecule has 1 aliphatic carbocycles. The van der Waals surface area contributed by atoms with Crippen molar-refractivity contribution in [3.8, 4) is 0 Å². The van der Waals surface area contributed by atoms with Gasteiger partial charge >= 0.3 is 6.09 Å². The lowest BCUT2D eigenvalue weighted by atomic mass is 9.64. The summed E-state index contributed by atoms with van der Waals surface area (Å²) in [5.41, 5.74) is -1.60. The highest BCUT2D eigenvalue weighted by Crippen LogP contribution is 2.47. The van der Waals surface area contributed by atoms with Gasteiger partial charge in [0.05, 0.1) is 18.1 Å². The van der Waals surface area contributed by atoms with Gasteiger partial charge in [-0.2, -0.15) is 0 Å². The maximum Gasteiger partial charge on any atom is 0.408 e. The van der Waals surface area contributed by atoms with Gasteiger partial charge in [0.2, 0.25) is 0 Å². The number of carbonyl (C=O) groups is 1. The van der Waals surface area contributed by atoms with Gasteiger partial charge in [-0.05, 0) is 43.6 Å². The predicted molar refractivity (Wildman–Crippen MR) is 80.6 cm³/mol. The number of hydrogen-bond acceptors (Lipinski definition) is 5. The Morgan fingerprint density at radius 3 is 2.48 bits per heavy atom. The summed E-state index contributed by atoms with van der Waals surface area (Å²) in [5.74, 6) is 0. The lowest BCUT2D eigenvalue weighted by Gasteiger charge is -2.51. The van der Waals surface area contributed by atoms with Crippen LogP contribution in [0.2, 0.25) is 0 Å². The van der Waals surface area contributed by atoms with E-state index in [0.29, 0.717) is 23.1 Å². The van der Waals surface area contributed by atoms with Gasteiger partial charge < -0.3 is 15.2 Å². The zero-order chi connectivity index (χ0) is 15.9. The first-order chi connectivity index (χ1) is 9.51. The molecule has 0 radical (unpaired) electrons. The molecule has 6 nitrogen and oxygen atoms in total. The Hall–Kier alpha value is -1.21. The summed E-state index contributed by atoms with van der Waals surface area (Å²) in [6, 6.07) is 0. The summed E-state index contributed by atoms with van der Waals surface area (Å²) in [7, 11) is 0. The van der Waals surface area contributed by atoms with E-state index in [2.05, 4.69) is 31.2 Å². The Morgan fingerprint density at radius 2 is 2.00 bits per heavy atom. The quantitative estimate of drug-likeness (QED) is 0.849. The third-order valence-corrected chi connectivity index (χ3v) is 3.67. The second-order valence-electron chi connectivity index (χ2n) is 6.80. The lowest BCUT2D eigenvalue weighted by molar-refractivity contribution is -0.103. The number of ether oxygens (including phenoxy) is 1. The highest BCUT2D eigenvalue weighted by atomic mass is 79.9. The van der Waals surface area contributed by atoms with Gasteiger partial charge in [0, 0.05) is 18.4 Å². The summed E-state index contributed by atoms with van der Waals surface area (Å²) in [6.07, 6.45) is 3.35. The fourth-order valence-corrected chi connectivity index (χ4v) is 2.82. The van der Waals surface area contributed by atoms with Crippen LogP contribution in [0.4, 0.5) is 4.79 Å². The predicted octanol–water partition coefficient (Wildman–Crippen LogP) is 2.50. The van der Waals surface area contributed by atoms with Gasteiger partial charge in [-0.3, -0.25) is 4.98 Å². The standard InChI is InChI=1S/C14H20BrN3O3/c1-12(2,3)21-11(19)18-13(4)7-14(20,8-13)9-5-17-10(15)6-16-9/h5-6,20H,7-8H2,1-4H3,(H,18,19). The van der Waals surface area contributed by atoms with Gasteiger partial charge in [-0.25, -0.2) is 9.78 Å². The second kappa shape index (κ2) is 5.21. The molecule has 2 N–H and O–H groups in total. The number of halogens is 1. The van der Waals surface area contributed by atoms with Crippen molar-refractivity contribution < 1.29 is 14.6 Å². The Morgan fingerprint density at radius 1 is 1.38 bits per heavy atom. The molecule has 0 aromatic carbocycles. The average molecular weight is 358 g/mol. The number of carbonyl (C=O) groups excluding carboxylic acids is 1. The normalized spacial score (nSPS) is 28.7. The minimum absolute atomic E-state index is 0.371. The number of nitrogens with zero attached hydrogens (tertiary/aromatic N) is 2. The molecule has 1 aromatic heterocycles. The molecule has 7 heteroatoms. The van der Waals surface area contributed by atoms with Crippen LogP contribution in [0.1, 0.15) is 46.2 Å². The first-order valence-electron chi connectivity index (χ1n) is 6.73. The summed E-state index contributed by atoms with van der Waals surface area (Å²) in [4.78, 5) is 20.0. The van der Waals surface area contributed by atoms with Crippen LogP contribution in [-0.4, -0.2) is 32.3 Å². The van der Waals surface area contributed by atoms with Crippen LogP contribution in [0.3, 0.4) is 0 Å². The average Bonchev–Trinajstić information content (AvgIpc) is 2.24. The van der Waals surface area contributed by atoms with E-state index in [-0.39, 0.29) is 0 Å². The summed E-state index contributed by atoms with van der Waals surface area (Å²) in [6.45, 7) is 7.30. The monoisotopic (exact) mass is 357 g/mol. The van der Waals surface area contributed by atoms with Crippen LogP contribution >= 0.6 is 15.9 Å². The van der Waals surface area contributed by atoms with Crippen molar-refractivity contribution in [2.75, 3.05) is 0 Å². The van der Waals surface area contributed by atoms with E-state index < -0.39 is 22.8 Å². The van der Waals surface area contributed by atoms with E-state index in [1.54, 1.807) is 6.20 Å². The van der Waals surface area contributed by atoms with E-state index in [1.165, 1.54) is 6.20 Å². The summed E-state index contributed by atoms with van der Waals surface area (Å²) >= 11 is 3.21. The molecule has 2 rings (SSSR count). The van der Waals surface area contributed by atoms with Crippen LogP contribution in [0.15, 0.2) is 17.0 Å². The highest BCUT2D eigenvalue weighted by Gasteiger charge is 2.54. The Balaban J connectivity index is 1.97. The maximum atomic E-state index is 11.8. The number of aromatic nitrogens is 2. The van der Waals surface area contributed by atoms with Crippen molar-refractivity contribution in [1.82, 2.24) is 15.3 Å². The molecule has 0 unspecified atom stereocenters. The molecule has 1 aromatic rings. The summed E-state index contributed by atoms with van der Waals surface area (Å²) in [5, 5.41) is 13.4. The molecule has 21 heavy (non-hydrogen) atoms. The van der Waals surface area contributed by atoms with Crippen molar-refractivity contribution in [2.45, 2.75) is 57.3 Å². The molecular formula is C14H20BrN3O3.